The first kappa shape index (κ1) is 26.1. The van der Waals surface area contributed by atoms with Crippen LogP contribution in [0.3, 0.4) is 0 Å². The van der Waals surface area contributed by atoms with Gasteiger partial charge < -0.3 is 24.1 Å². The highest BCUT2D eigenvalue weighted by Crippen LogP contribution is 2.36. The third kappa shape index (κ3) is 6.65. The molecule has 38 heavy (non-hydrogen) atoms. The van der Waals surface area contributed by atoms with Gasteiger partial charge in [-0.15, -0.1) is 0 Å². The summed E-state index contributed by atoms with van der Waals surface area (Å²) < 4.78 is 19.8. The van der Waals surface area contributed by atoms with E-state index in [1.165, 1.54) is 0 Å². The normalized spacial score (nSPS) is 15.2. The topological polar surface area (TPSA) is 77.9 Å². The number of carbonyl (C=O) groups excluding carboxylic acids is 1. The van der Waals surface area contributed by atoms with Crippen molar-refractivity contribution in [3.63, 3.8) is 0 Å². The van der Waals surface area contributed by atoms with Gasteiger partial charge >= 0.3 is 0 Å². The number of nitrogens with one attached hydrogen (secondary N) is 1. The van der Waals surface area contributed by atoms with Gasteiger partial charge in [-0.25, -0.2) is 4.98 Å². The maximum atomic E-state index is 13.2. The Morgan fingerprint density at radius 2 is 1.74 bits per heavy atom. The molecule has 0 fully saturated rings. The Hall–Kier alpha value is -3.56. The SMILES string of the molecule is O=C1CN(Cc2cccn2-c2ccc(Cl)cn2)CCOCCOc2ccccc2Oc2ccc(Cl)cc2N1. The zero-order chi connectivity index (χ0) is 26.3. The molecule has 10 heteroatoms. The average molecular weight is 553 g/mol. The molecule has 0 spiro atoms. The van der Waals surface area contributed by atoms with E-state index in [-0.39, 0.29) is 12.5 Å². The number of ether oxygens (including phenoxy) is 3. The third-order valence-electron chi connectivity index (χ3n) is 5.87. The fourth-order valence-electron chi connectivity index (χ4n) is 4.08. The molecule has 0 bridgehead atoms. The summed E-state index contributed by atoms with van der Waals surface area (Å²) in [6, 6.07) is 20.1. The van der Waals surface area contributed by atoms with Crippen LogP contribution in [0.4, 0.5) is 5.69 Å². The minimum Gasteiger partial charge on any atom is -0.487 e. The highest BCUT2D eigenvalue weighted by Gasteiger charge is 2.18. The Morgan fingerprint density at radius 1 is 0.895 bits per heavy atom. The van der Waals surface area contributed by atoms with E-state index in [1.807, 2.05) is 52.1 Å². The smallest absolute Gasteiger partial charge is 0.238 e. The van der Waals surface area contributed by atoms with E-state index >= 15 is 0 Å². The summed E-state index contributed by atoms with van der Waals surface area (Å²) in [6.07, 6.45) is 3.54. The van der Waals surface area contributed by atoms with E-state index in [4.69, 9.17) is 37.4 Å². The van der Waals surface area contributed by atoms with Crippen molar-refractivity contribution in [1.82, 2.24) is 14.5 Å². The van der Waals surface area contributed by atoms with Gasteiger partial charge in [0.2, 0.25) is 5.91 Å². The highest BCUT2D eigenvalue weighted by atomic mass is 35.5. The van der Waals surface area contributed by atoms with Crippen molar-refractivity contribution < 1.29 is 19.0 Å². The molecule has 1 aliphatic rings. The lowest BCUT2D eigenvalue weighted by molar-refractivity contribution is -0.117. The zero-order valence-corrected chi connectivity index (χ0v) is 22.0. The molecule has 0 aliphatic carbocycles. The fourth-order valence-corrected chi connectivity index (χ4v) is 4.37. The average Bonchev–Trinajstić information content (AvgIpc) is 3.36. The van der Waals surface area contributed by atoms with E-state index < -0.39 is 0 Å². The van der Waals surface area contributed by atoms with E-state index in [9.17, 15) is 4.79 Å². The summed E-state index contributed by atoms with van der Waals surface area (Å²) in [4.78, 5) is 19.7. The second kappa shape index (κ2) is 12.3. The number of nitrogens with zero attached hydrogens (tertiary/aromatic N) is 3. The lowest BCUT2D eigenvalue weighted by atomic mass is 10.2. The van der Waals surface area contributed by atoms with Crippen LogP contribution in [0.2, 0.25) is 10.0 Å². The monoisotopic (exact) mass is 552 g/mol. The van der Waals surface area contributed by atoms with Gasteiger partial charge in [-0.2, -0.15) is 0 Å². The first-order chi connectivity index (χ1) is 18.5. The molecule has 8 nitrogen and oxygen atoms in total. The molecular weight excluding hydrogens is 527 g/mol. The molecule has 1 amide bonds. The second-order valence-electron chi connectivity index (χ2n) is 8.61. The van der Waals surface area contributed by atoms with Gasteiger partial charge in [0.1, 0.15) is 12.4 Å². The minimum atomic E-state index is -0.209. The number of pyridine rings is 1. The van der Waals surface area contributed by atoms with Crippen LogP contribution < -0.4 is 14.8 Å². The number of fused-ring (bicyclic) bond motifs is 2. The van der Waals surface area contributed by atoms with Gasteiger partial charge in [0, 0.05) is 36.2 Å². The predicted molar refractivity (Wildman–Crippen MR) is 147 cm³/mol. The molecule has 196 valence electrons. The molecule has 3 heterocycles. The van der Waals surface area contributed by atoms with Crippen LogP contribution in [-0.2, 0) is 16.1 Å². The first-order valence-corrected chi connectivity index (χ1v) is 12.9. The molecule has 0 radical (unpaired) electrons. The Labute approximate surface area is 230 Å². The van der Waals surface area contributed by atoms with Crippen LogP contribution in [0.5, 0.6) is 17.2 Å². The molecule has 5 rings (SSSR count). The minimum absolute atomic E-state index is 0.127. The predicted octanol–water partition coefficient (Wildman–Crippen LogP) is 5.82. The largest absolute Gasteiger partial charge is 0.487 e. The summed E-state index contributed by atoms with van der Waals surface area (Å²) in [5.41, 5.74) is 1.44. The van der Waals surface area contributed by atoms with E-state index in [1.54, 1.807) is 36.5 Å². The lowest BCUT2D eigenvalue weighted by Gasteiger charge is -2.23. The molecule has 1 N–H and O–H groups in total. The van der Waals surface area contributed by atoms with Gasteiger partial charge in [-0.05, 0) is 54.6 Å². The summed E-state index contributed by atoms with van der Waals surface area (Å²) in [5, 5.41) is 4.01. The number of hydrogen-bond acceptors (Lipinski definition) is 6. The quantitative estimate of drug-likeness (QED) is 0.345. The summed E-state index contributed by atoms with van der Waals surface area (Å²) in [7, 11) is 0. The van der Waals surface area contributed by atoms with Crippen molar-refractivity contribution in [2.45, 2.75) is 6.54 Å². The number of para-hydroxylation sites is 2. The Kier molecular flexibility index (Phi) is 8.45. The van der Waals surface area contributed by atoms with Crippen LogP contribution in [-0.4, -0.2) is 53.3 Å². The third-order valence-corrected chi connectivity index (χ3v) is 6.33. The standard InChI is InChI=1S/C28H26Cl2N4O4/c29-20-7-9-24-23(16-20)32-28(35)19-33(12-13-36-14-15-37-25-5-1-2-6-26(25)38-24)18-22-4-3-11-34(22)27-10-8-21(30)17-31-27/h1-11,16-17H,12-15,18-19H2,(H,32,35). The van der Waals surface area contributed by atoms with Crippen LogP contribution in [0, 0.1) is 0 Å². The Bertz CT molecular complexity index is 1390. The molecule has 1 aliphatic heterocycles. The number of halogens is 2. The van der Waals surface area contributed by atoms with Crippen LogP contribution in [0.15, 0.2) is 79.1 Å². The van der Waals surface area contributed by atoms with E-state index in [0.29, 0.717) is 65.9 Å². The van der Waals surface area contributed by atoms with Gasteiger partial charge in [0.15, 0.2) is 17.2 Å². The zero-order valence-electron chi connectivity index (χ0n) is 20.5. The summed E-state index contributed by atoms with van der Waals surface area (Å²) >= 11 is 12.3. The van der Waals surface area contributed by atoms with E-state index in [0.717, 1.165) is 11.5 Å². The molecule has 0 atom stereocenters. The molecule has 4 aromatic rings. The molecule has 2 aromatic carbocycles. The van der Waals surface area contributed by atoms with Gasteiger partial charge in [0.05, 0.1) is 30.5 Å². The number of rotatable bonds is 3. The lowest BCUT2D eigenvalue weighted by Crippen LogP contribution is -2.36. The molecule has 0 saturated carbocycles. The van der Waals surface area contributed by atoms with Crippen LogP contribution in [0.25, 0.3) is 5.82 Å². The molecule has 0 unspecified atom stereocenters. The first-order valence-electron chi connectivity index (χ1n) is 12.1. The Morgan fingerprint density at radius 3 is 2.58 bits per heavy atom. The van der Waals surface area contributed by atoms with Crippen molar-refractivity contribution in [2.24, 2.45) is 0 Å². The highest BCUT2D eigenvalue weighted by molar-refractivity contribution is 6.31. The van der Waals surface area contributed by atoms with Gasteiger partial charge in [-0.1, -0.05) is 35.3 Å². The molecular formula is C28H26Cl2N4O4. The van der Waals surface area contributed by atoms with E-state index in [2.05, 4.69) is 10.3 Å². The second-order valence-corrected chi connectivity index (χ2v) is 9.49. The van der Waals surface area contributed by atoms with Crippen molar-refractivity contribution in [2.75, 3.05) is 38.2 Å². The van der Waals surface area contributed by atoms with Gasteiger partial charge in [0.25, 0.3) is 0 Å². The van der Waals surface area contributed by atoms with Crippen molar-refractivity contribution >= 4 is 34.8 Å². The van der Waals surface area contributed by atoms with Crippen molar-refractivity contribution in [3.05, 3.63) is 94.9 Å². The summed E-state index contributed by atoms with van der Waals surface area (Å²) in [5.74, 6) is 2.10. The maximum absolute atomic E-state index is 13.2. The van der Waals surface area contributed by atoms with Crippen molar-refractivity contribution in [1.29, 1.82) is 0 Å². The van der Waals surface area contributed by atoms with Crippen LogP contribution >= 0.6 is 23.2 Å². The number of anilines is 1. The fraction of sp³-hybridized carbons (Fsp3) is 0.214. The van der Waals surface area contributed by atoms with Crippen LogP contribution in [0.1, 0.15) is 5.69 Å². The number of aromatic nitrogens is 2. The molecule has 0 saturated heterocycles. The maximum Gasteiger partial charge on any atom is 0.238 e. The Balaban J connectivity index is 1.38. The number of hydrogen-bond donors (Lipinski definition) is 1. The number of carbonyl (C=O) groups is 1. The van der Waals surface area contributed by atoms with Gasteiger partial charge in [-0.3, -0.25) is 9.69 Å². The van der Waals surface area contributed by atoms with Crippen molar-refractivity contribution in [3.8, 4) is 23.1 Å². The number of benzene rings is 2. The summed E-state index contributed by atoms with van der Waals surface area (Å²) in [6.45, 7) is 2.33. The number of amides is 1. The molecule has 2 aromatic heterocycles.